The second-order valence-corrected chi connectivity index (χ2v) is 7.07. The van der Waals surface area contributed by atoms with E-state index in [1.165, 1.54) is 10.2 Å². The molecule has 1 aliphatic carbocycles. The van der Waals surface area contributed by atoms with E-state index in [4.69, 9.17) is 5.73 Å². The third-order valence-electron chi connectivity index (χ3n) is 5.18. The molecule has 7 heteroatoms. The molecule has 2 aromatic carbocycles. The second kappa shape index (κ2) is 8.02. The number of aromatic nitrogens is 2. The quantitative estimate of drug-likeness (QED) is 0.663. The zero-order valence-electron chi connectivity index (χ0n) is 15.6. The molecule has 1 heterocycles. The minimum atomic E-state index is -0.159. The van der Waals surface area contributed by atoms with E-state index in [-0.39, 0.29) is 36.3 Å². The van der Waals surface area contributed by atoms with Crippen molar-refractivity contribution < 1.29 is 4.79 Å². The lowest BCUT2D eigenvalue weighted by Gasteiger charge is -2.26. The number of nitrogen functional groups attached to an aromatic ring is 1. The van der Waals surface area contributed by atoms with Crippen molar-refractivity contribution in [3.05, 3.63) is 69.6 Å². The highest BCUT2D eigenvalue weighted by atomic mass is 35.5. The zero-order valence-corrected chi connectivity index (χ0v) is 16.5. The van der Waals surface area contributed by atoms with E-state index in [0.29, 0.717) is 11.1 Å². The predicted octanol–water partition coefficient (Wildman–Crippen LogP) is 2.67. The SMILES string of the molecule is Cl.Cn1nc(CC(=O)NC2CCCc3cc(N)ccc32)c2ccccc2c1=O. The summed E-state index contributed by atoms with van der Waals surface area (Å²) in [6, 6.07) is 13.1. The van der Waals surface area contributed by atoms with Gasteiger partial charge in [0.05, 0.1) is 23.5 Å². The summed E-state index contributed by atoms with van der Waals surface area (Å²) in [6.45, 7) is 0. The maximum absolute atomic E-state index is 12.7. The lowest BCUT2D eigenvalue weighted by Crippen LogP contribution is -2.33. The van der Waals surface area contributed by atoms with Gasteiger partial charge in [-0.2, -0.15) is 5.10 Å². The van der Waals surface area contributed by atoms with Gasteiger partial charge >= 0.3 is 0 Å². The molecule has 3 aromatic rings. The normalized spacial score (nSPS) is 15.5. The van der Waals surface area contributed by atoms with Crippen LogP contribution in [0.2, 0.25) is 0 Å². The number of nitrogens with one attached hydrogen (secondary N) is 1. The van der Waals surface area contributed by atoms with Crippen LogP contribution >= 0.6 is 12.4 Å². The first kappa shape index (κ1) is 19.9. The molecule has 0 bridgehead atoms. The first-order valence-electron chi connectivity index (χ1n) is 9.15. The summed E-state index contributed by atoms with van der Waals surface area (Å²) in [4.78, 5) is 25.0. The summed E-state index contributed by atoms with van der Waals surface area (Å²) < 4.78 is 1.30. The van der Waals surface area contributed by atoms with Crippen LogP contribution in [0, 0.1) is 0 Å². The van der Waals surface area contributed by atoms with Crippen LogP contribution < -0.4 is 16.6 Å². The molecule has 0 aliphatic heterocycles. The topological polar surface area (TPSA) is 90.0 Å². The predicted molar refractivity (Wildman–Crippen MR) is 113 cm³/mol. The molecule has 0 fully saturated rings. The minimum absolute atomic E-state index is 0. The number of benzene rings is 2. The summed E-state index contributed by atoms with van der Waals surface area (Å²) in [5.41, 5.74) is 9.44. The van der Waals surface area contributed by atoms with Crippen LogP contribution in [0.5, 0.6) is 0 Å². The Kier molecular flexibility index (Phi) is 5.70. The summed E-state index contributed by atoms with van der Waals surface area (Å²) >= 11 is 0. The average Bonchev–Trinajstić information content (AvgIpc) is 2.66. The molecular formula is C21H23ClN4O2. The van der Waals surface area contributed by atoms with E-state index in [2.05, 4.69) is 10.4 Å². The minimum Gasteiger partial charge on any atom is -0.399 e. The molecule has 146 valence electrons. The van der Waals surface area contributed by atoms with Gasteiger partial charge in [-0.15, -0.1) is 12.4 Å². The Bertz CT molecular complexity index is 1090. The molecular weight excluding hydrogens is 376 g/mol. The van der Waals surface area contributed by atoms with E-state index in [1.54, 1.807) is 13.1 Å². The van der Waals surface area contributed by atoms with Crippen molar-refractivity contribution in [3.63, 3.8) is 0 Å². The molecule has 1 atom stereocenters. The number of carbonyl (C=O) groups is 1. The highest BCUT2D eigenvalue weighted by molar-refractivity contribution is 5.88. The maximum atomic E-state index is 12.7. The van der Waals surface area contributed by atoms with Crippen LogP contribution in [0.4, 0.5) is 5.69 Å². The number of hydrogen-bond donors (Lipinski definition) is 2. The summed E-state index contributed by atoms with van der Waals surface area (Å²) in [5, 5.41) is 8.76. The molecule has 1 unspecified atom stereocenters. The van der Waals surface area contributed by atoms with Crippen molar-refractivity contribution in [1.29, 1.82) is 0 Å². The largest absolute Gasteiger partial charge is 0.399 e. The Hall–Kier alpha value is -2.86. The van der Waals surface area contributed by atoms with Crippen molar-refractivity contribution in [2.24, 2.45) is 7.05 Å². The van der Waals surface area contributed by atoms with Crippen LogP contribution in [0.25, 0.3) is 10.8 Å². The van der Waals surface area contributed by atoms with Crippen LogP contribution in [0.15, 0.2) is 47.3 Å². The lowest BCUT2D eigenvalue weighted by atomic mass is 9.87. The van der Waals surface area contributed by atoms with E-state index in [0.717, 1.165) is 35.9 Å². The van der Waals surface area contributed by atoms with Gasteiger partial charge in [-0.1, -0.05) is 24.3 Å². The summed E-state index contributed by atoms with van der Waals surface area (Å²) in [7, 11) is 1.61. The van der Waals surface area contributed by atoms with Gasteiger partial charge in [-0.25, -0.2) is 4.68 Å². The Morgan fingerprint density at radius 3 is 2.79 bits per heavy atom. The molecule has 6 nitrogen and oxygen atoms in total. The third-order valence-corrected chi connectivity index (χ3v) is 5.18. The van der Waals surface area contributed by atoms with Crippen LogP contribution in [0.3, 0.4) is 0 Å². The van der Waals surface area contributed by atoms with Crippen molar-refractivity contribution in [1.82, 2.24) is 15.1 Å². The van der Waals surface area contributed by atoms with Crippen molar-refractivity contribution in [2.75, 3.05) is 5.73 Å². The smallest absolute Gasteiger partial charge is 0.274 e. The van der Waals surface area contributed by atoms with Gasteiger partial charge in [-0.3, -0.25) is 9.59 Å². The molecule has 3 N–H and O–H groups in total. The molecule has 1 amide bonds. The highest BCUT2D eigenvalue weighted by Gasteiger charge is 2.22. The van der Waals surface area contributed by atoms with Gasteiger partial charge < -0.3 is 11.1 Å². The number of anilines is 1. The fourth-order valence-electron chi connectivity index (χ4n) is 3.89. The molecule has 28 heavy (non-hydrogen) atoms. The molecule has 1 aromatic heterocycles. The van der Waals surface area contributed by atoms with E-state index < -0.39 is 0 Å². The Labute approximate surface area is 169 Å². The molecule has 0 spiro atoms. The highest BCUT2D eigenvalue weighted by Crippen LogP contribution is 2.31. The number of hydrogen-bond acceptors (Lipinski definition) is 4. The van der Waals surface area contributed by atoms with Gasteiger partial charge in [0.15, 0.2) is 0 Å². The molecule has 0 radical (unpaired) electrons. The molecule has 4 rings (SSSR count). The standard InChI is InChI=1S/C21H22N4O2.ClH/c1-25-21(27)17-7-3-2-6-16(17)19(24-25)12-20(26)23-18-8-4-5-13-11-14(22)9-10-15(13)18;/h2-3,6-7,9-11,18H,4-5,8,12,22H2,1H3,(H,23,26);1H. The van der Waals surface area contributed by atoms with Crippen molar-refractivity contribution in [3.8, 4) is 0 Å². The van der Waals surface area contributed by atoms with E-state index in [1.807, 2.05) is 36.4 Å². The Morgan fingerprint density at radius 1 is 1.25 bits per heavy atom. The first-order chi connectivity index (χ1) is 13.0. The van der Waals surface area contributed by atoms with E-state index in [9.17, 15) is 9.59 Å². The van der Waals surface area contributed by atoms with Crippen molar-refractivity contribution in [2.45, 2.75) is 31.7 Å². The van der Waals surface area contributed by atoms with Crippen molar-refractivity contribution >= 4 is 34.8 Å². The number of nitrogens with zero attached hydrogens (tertiary/aromatic N) is 2. The lowest BCUT2D eigenvalue weighted by molar-refractivity contribution is -0.121. The van der Waals surface area contributed by atoms with Crippen LogP contribution in [0.1, 0.15) is 35.7 Å². The third kappa shape index (κ3) is 3.73. The summed E-state index contributed by atoms with van der Waals surface area (Å²) in [6.07, 6.45) is 3.04. The monoisotopic (exact) mass is 398 g/mol. The molecule has 0 saturated carbocycles. The second-order valence-electron chi connectivity index (χ2n) is 7.07. The first-order valence-corrected chi connectivity index (χ1v) is 9.15. The Morgan fingerprint density at radius 2 is 2.00 bits per heavy atom. The Balaban J connectivity index is 0.00000225. The number of fused-ring (bicyclic) bond motifs is 2. The fraction of sp³-hybridized carbons (Fsp3) is 0.286. The molecule has 1 aliphatic rings. The number of aryl methyl sites for hydroxylation is 2. The van der Waals surface area contributed by atoms with Gasteiger partial charge in [0.25, 0.3) is 5.56 Å². The fourth-order valence-corrected chi connectivity index (χ4v) is 3.89. The summed E-state index contributed by atoms with van der Waals surface area (Å²) in [5.74, 6) is -0.0963. The number of halogens is 1. The maximum Gasteiger partial charge on any atom is 0.274 e. The zero-order chi connectivity index (χ0) is 19.0. The van der Waals surface area contributed by atoms with Gasteiger partial charge in [-0.05, 0) is 48.6 Å². The van der Waals surface area contributed by atoms with Crippen LogP contribution in [-0.4, -0.2) is 15.7 Å². The number of nitrogens with two attached hydrogens (primary N) is 1. The molecule has 0 saturated heterocycles. The van der Waals surface area contributed by atoms with Gasteiger partial charge in [0, 0.05) is 18.1 Å². The van der Waals surface area contributed by atoms with Gasteiger partial charge in [0.1, 0.15) is 0 Å². The number of rotatable bonds is 3. The van der Waals surface area contributed by atoms with E-state index >= 15 is 0 Å². The number of amides is 1. The average molecular weight is 399 g/mol. The van der Waals surface area contributed by atoms with Gasteiger partial charge in [0.2, 0.25) is 5.91 Å². The number of carbonyl (C=O) groups excluding carboxylic acids is 1. The van der Waals surface area contributed by atoms with Crippen LogP contribution in [-0.2, 0) is 24.7 Å².